The van der Waals surface area contributed by atoms with Crippen molar-refractivity contribution in [2.45, 2.75) is 19.9 Å². The molecule has 1 N–H and O–H groups in total. The first-order valence-electron chi connectivity index (χ1n) is 4.98. The summed E-state index contributed by atoms with van der Waals surface area (Å²) in [6.45, 7) is 3.59. The number of nitrogens with zero attached hydrogens (tertiary/aromatic N) is 2. The van der Waals surface area contributed by atoms with Crippen LogP contribution in [-0.2, 0) is 0 Å². The highest BCUT2D eigenvalue weighted by molar-refractivity contribution is 9.10. The Morgan fingerprint density at radius 3 is 2.75 bits per heavy atom. The lowest BCUT2D eigenvalue weighted by Crippen LogP contribution is -2.37. The molecule has 1 amide bonds. The number of aliphatic hydroxyl groups is 1. The highest BCUT2D eigenvalue weighted by Crippen LogP contribution is 2.17. The number of likely N-dealkylation sites (N-methyl/N-ethyl adjacent to an activating group) is 1. The van der Waals surface area contributed by atoms with Gasteiger partial charge in [-0.3, -0.25) is 4.79 Å². The van der Waals surface area contributed by atoms with Crippen molar-refractivity contribution in [3.8, 4) is 0 Å². The molecule has 1 aromatic heterocycles. The molecule has 0 aliphatic heterocycles. The topological polar surface area (TPSA) is 53.4 Å². The first-order valence-corrected chi connectivity index (χ1v) is 5.77. The molecule has 0 aromatic carbocycles. The average molecular weight is 287 g/mol. The van der Waals surface area contributed by atoms with Gasteiger partial charge in [-0.05, 0) is 41.9 Å². The van der Waals surface area contributed by atoms with Gasteiger partial charge < -0.3 is 10.0 Å². The van der Waals surface area contributed by atoms with Gasteiger partial charge in [0.1, 0.15) is 4.60 Å². The van der Waals surface area contributed by atoms with E-state index in [1.807, 2.05) is 6.92 Å². The Morgan fingerprint density at radius 1 is 1.62 bits per heavy atom. The lowest BCUT2D eigenvalue weighted by Gasteiger charge is -2.23. The molecule has 0 aliphatic rings. The Labute approximate surface area is 103 Å². The summed E-state index contributed by atoms with van der Waals surface area (Å²) in [6.07, 6.45) is 0. The van der Waals surface area contributed by atoms with Crippen LogP contribution in [0.25, 0.3) is 0 Å². The van der Waals surface area contributed by atoms with E-state index >= 15 is 0 Å². The number of hydrogen-bond acceptors (Lipinski definition) is 3. The van der Waals surface area contributed by atoms with Crippen LogP contribution in [0.2, 0.25) is 0 Å². The van der Waals surface area contributed by atoms with E-state index in [0.717, 1.165) is 5.69 Å². The lowest BCUT2D eigenvalue weighted by atomic mass is 10.2. The minimum Gasteiger partial charge on any atom is -0.394 e. The maximum Gasteiger partial charge on any atom is 0.256 e. The molecule has 1 atom stereocenters. The van der Waals surface area contributed by atoms with Gasteiger partial charge in [0.25, 0.3) is 5.91 Å². The molecule has 4 nitrogen and oxygen atoms in total. The van der Waals surface area contributed by atoms with Gasteiger partial charge >= 0.3 is 0 Å². The second-order valence-electron chi connectivity index (χ2n) is 3.74. The van der Waals surface area contributed by atoms with Crippen molar-refractivity contribution in [2.75, 3.05) is 13.7 Å². The molecule has 0 saturated heterocycles. The van der Waals surface area contributed by atoms with Crippen molar-refractivity contribution in [2.24, 2.45) is 0 Å². The van der Waals surface area contributed by atoms with Crippen LogP contribution in [-0.4, -0.2) is 40.6 Å². The normalized spacial score (nSPS) is 12.3. The lowest BCUT2D eigenvalue weighted by molar-refractivity contribution is 0.0680. The summed E-state index contributed by atoms with van der Waals surface area (Å²) >= 11 is 3.27. The molecule has 0 aliphatic carbocycles. The van der Waals surface area contributed by atoms with Crippen molar-refractivity contribution in [3.05, 3.63) is 28.0 Å². The number of hydrogen-bond donors (Lipinski definition) is 1. The molecule has 1 aromatic rings. The van der Waals surface area contributed by atoms with Crippen LogP contribution in [0, 0.1) is 6.92 Å². The van der Waals surface area contributed by atoms with E-state index in [9.17, 15) is 4.79 Å². The van der Waals surface area contributed by atoms with Crippen LogP contribution in [0.15, 0.2) is 16.7 Å². The third-order valence-corrected chi connectivity index (χ3v) is 3.07. The number of rotatable bonds is 3. The van der Waals surface area contributed by atoms with Crippen molar-refractivity contribution in [3.63, 3.8) is 0 Å². The molecular formula is C11H15BrN2O2. The smallest absolute Gasteiger partial charge is 0.256 e. The number of carbonyl (C=O) groups is 1. The van der Waals surface area contributed by atoms with Gasteiger partial charge in [-0.25, -0.2) is 4.98 Å². The standard InChI is InChI=1S/C11H15BrN2O2/c1-7-4-5-9(10(12)13-7)11(16)14(3)8(2)6-15/h4-5,8,15H,6H2,1-3H3. The third-order valence-electron chi connectivity index (χ3n) is 2.46. The van der Waals surface area contributed by atoms with Gasteiger partial charge in [0.2, 0.25) is 0 Å². The molecule has 16 heavy (non-hydrogen) atoms. The van der Waals surface area contributed by atoms with Crippen LogP contribution < -0.4 is 0 Å². The van der Waals surface area contributed by atoms with Gasteiger partial charge in [0.15, 0.2) is 0 Å². The summed E-state index contributed by atoms with van der Waals surface area (Å²) in [5.74, 6) is -0.152. The van der Waals surface area contributed by atoms with Gasteiger partial charge in [-0.15, -0.1) is 0 Å². The second-order valence-corrected chi connectivity index (χ2v) is 4.49. The fourth-order valence-electron chi connectivity index (χ4n) is 1.20. The van der Waals surface area contributed by atoms with Crippen LogP contribution >= 0.6 is 15.9 Å². The second kappa shape index (κ2) is 5.41. The van der Waals surface area contributed by atoms with Gasteiger partial charge in [-0.2, -0.15) is 0 Å². The van der Waals surface area contributed by atoms with E-state index in [2.05, 4.69) is 20.9 Å². The third kappa shape index (κ3) is 2.80. The molecule has 1 heterocycles. The number of halogens is 1. The Hall–Kier alpha value is -0.940. The Morgan fingerprint density at radius 2 is 2.25 bits per heavy atom. The van der Waals surface area contributed by atoms with Crippen LogP contribution in [0.1, 0.15) is 23.0 Å². The molecule has 0 fully saturated rings. The van der Waals surface area contributed by atoms with Crippen LogP contribution in [0.5, 0.6) is 0 Å². The number of carbonyl (C=O) groups excluding carboxylic acids is 1. The minimum absolute atomic E-state index is 0.0564. The van der Waals surface area contributed by atoms with E-state index in [1.54, 1.807) is 26.1 Å². The number of aromatic nitrogens is 1. The summed E-state index contributed by atoms with van der Waals surface area (Å²) in [5, 5.41) is 8.99. The first kappa shape index (κ1) is 13.1. The molecule has 1 unspecified atom stereocenters. The first-order chi connectivity index (χ1) is 7.47. The van der Waals surface area contributed by atoms with Crippen molar-refractivity contribution in [1.29, 1.82) is 0 Å². The quantitative estimate of drug-likeness (QED) is 0.859. The van der Waals surface area contributed by atoms with Gasteiger partial charge in [0, 0.05) is 12.7 Å². The fraction of sp³-hybridized carbons (Fsp3) is 0.455. The summed E-state index contributed by atoms with van der Waals surface area (Å²) in [4.78, 5) is 17.7. The maximum atomic E-state index is 12.0. The van der Waals surface area contributed by atoms with Crippen LogP contribution in [0.3, 0.4) is 0 Å². The minimum atomic E-state index is -0.208. The molecule has 0 spiro atoms. The molecule has 88 valence electrons. The molecule has 0 saturated carbocycles. The van der Waals surface area contributed by atoms with Gasteiger partial charge in [0.05, 0.1) is 18.2 Å². The summed E-state index contributed by atoms with van der Waals surface area (Å²) in [5.41, 5.74) is 1.36. The summed E-state index contributed by atoms with van der Waals surface area (Å²) in [7, 11) is 1.66. The molecule has 0 radical (unpaired) electrons. The Kier molecular flexibility index (Phi) is 4.44. The largest absolute Gasteiger partial charge is 0.394 e. The predicted octanol–water partition coefficient (Wildman–Crippen LogP) is 1.61. The van der Waals surface area contributed by atoms with Crippen LogP contribution in [0.4, 0.5) is 0 Å². The highest BCUT2D eigenvalue weighted by Gasteiger charge is 2.19. The van der Waals surface area contributed by atoms with E-state index in [-0.39, 0.29) is 18.6 Å². The number of amides is 1. The predicted molar refractivity (Wildman–Crippen MR) is 65.3 cm³/mol. The maximum absolute atomic E-state index is 12.0. The number of aryl methyl sites for hydroxylation is 1. The zero-order chi connectivity index (χ0) is 12.3. The summed E-state index contributed by atoms with van der Waals surface area (Å²) < 4.78 is 0.537. The zero-order valence-corrected chi connectivity index (χ0v) is 11.2. The van der Waals surface area contributed by atoms with Gasteiger partial charge in [-0.1, -0.05) is 0 Å². The Balaban J connectivity index is 2.96. The molecule has 0 bridgehead atoms. The van der Waals surface area contributed by atoms with E-state index in [0.29, 0.717) is 10.2 Å². The molecule has 1 rings (SSSR count). The monoisotopic (exact) mass is 286 g/mol. The highest BCUT2D eigenvalue weighted by atomic mass is 79.9. The van der Waals surface area contributed by atoms with Crippen molar-refractivity contribution < 1.29 is 9.90 Å². The van der Waals surface area contributed by atoms with E-state index in [1.165, 1.54) is 4.90 Å². The molecular weight excluding hydrogens is 272 g/mol. The van der Waals surface area contributed by atoms with Crippen molar-refractivity contribution >= 4 is 21.8 Å². The number of pyridine rings is 1. The fourth-order valence-corrected chi connectivity index (χ4v) is 1.78. The zero-order valence-electron chi connectivity index (χ0n) is 9.57. The average Bonchev–Trinajstić information content (AvgIpc) is 2.26. The Bertz CT molecular complexity index is 396. The summed E-state index contributed by atoms with van der Waals surface area (Å²) in [6, 6.07) is 3.31. The SMILES string of the molecule is Cc1ccc(C(=O)N(C)C(C)CO)c(Br)n1. The number of aliphatic hydroxyl groups excluding tert-OH is 1. The molecule has 5 heteroatoms. The van der Waals surface area contributed by atoms with E-state index in [4.69, 9.17) is 5.11 Å². The van der Waals surface area contributed by atoms with Crippen molar-refractivity contribution in [1.82, 2.24) is 9.88 Å². The van der Waals surface area contributed by atoms with E-state index < -0.39 is 0 Å².